The molecule has 0 aliphatic heterocycles. The van der Waals surface area contributed by atoms with E-state index in [1.807, 2.05) is 0 Å². The number of hydrogen-bond acceptors (Lipinski definition) is 0. The van der Waals surface area contributed by atoms with Crippen LogP contribution < -0.4 is 0 Å². The van der Waals surface area contributed by atoms with Crippen LogP contribution in [0, 0.1) is 22.7 Å². The summed E-state index contributed by atoms with van der Waals surface area (Å²) >= 11 is 0. The van der Waals surface area contributed by atoms with Crippen molar-refractivity contribution in [3.8, 4) is 0 Å². The van der Waals surface area contributed by atoms with Gasteiger partial charge in [0.2, 0.25) is 0 Å². The molecule has 58 valence electrons. The van der Waals surface area contributed by atoms with E-state index in [0.717, 1.165) is 11.8 Å². The Kier molecular flexibility index (Phi) is 0.964. The summed E-state index contributed by atoms with van der Waals surface area (Å²) in [5.74, 6) is 2.10. The van der Waals surface area contributed by atoms with Gasteiger partial charge >= 0.3 is 0 Å². The van der Waals surface area contributed by atoms with Crippen LogP contribution in [0.25, 0.3) is 0 Å². The van der Waals surface area contributed by atoms with Crippen LogP contribution >= 0.6 is 0 Å². The van der Waals surface area contributed by atoms with Crippen molar-refractivity contribution >= 4 is 0 Å². The molecule has 3 aliphatic rings. The molecule has 0 amide bonds. The topological polar surface area (TPSA) is 0 Å². The molecule has 0 unspecified atom stereocenters. The van der Waals surface area contributed by atoms with Crippen molar-refractivity contribution in [1.29, 1.82) is 0 Å². The van der Waals surface area contributed by atoms with E-state index in [4.69, 9.17) is 0 Å². The fourth-order valence-electron chi connectivity index (χ4n) is 2.85. The molecular formula is C10H18. The van der Waals surface area contributed by atoms with Crippen molar-refractivity contribution < 1.29 is 0 Å². The van der Waals surface area contributed by atoms with Crippen LogP contribution in [-0.2, 0) is 0 Å². The number of rotatable bonds is 0. The summed E-state index contributed by atoms with van der Waals surface area (Å²) in [7, 11) is 0. The first-order chi connectivity index (χ1) is 4.46. The second-order valence-corrected chi connectivity index (χ2v) is 5.31. The molecule has 3 aliphatic carbocycles. The first-order valence-electron chi connectivity index (χ1n) is 4.46. The Balaban J connectivity index is 2.37. The summed E-state index contributed by atoms with van der Waals surface area (Å²) < 4.78 is 0. The van der Waals surface area contributed by atoms with Crippen LogP contribution in [0.2, 0.25) is 0 Å². The predicted octanol–water partition coefficient (Wildman–Crippen LogP) is 3.08. The minimum atomic E-state index is 0.623. The van der Waals surface area contributed by atoms with Gasteiger partial charge in [0.1, 0.15) is 0 Å². The van der Waals surface area contributed by atoms with Crippen molar-refractivity contribution in [2.45, 2.75) is 40.5 Å². The van der Waals surface area contributed by atoms with Gasteiger partial charge in [0.15, 0.2) is 0 Å². The summed E-state index contributed by atoms with van der Waals surface area (Å²) in [5, 5.41) is 0. The average molecular weight is 138 g/mol. The molecule has 3 fully saturated rings. The van der Waals surface area contributed by atoms with E-state index < -0.39 is 0 Å². The summed E-state index contributed by atoms with van der Waals surface area (Å²) in [6.07, 6.45) is 3.03. The van der Waals surface area contributed by atoms with Gasteiger partial charge in [0, 0.05) is 0 Å². The van der Waals surface area contributed by atoms with Crippen molar-refractivity contribution in [2.24, 2.45) is 22.7 Å². The maximum Gasteiger partial charge on any atom is -0.0272 e. The second-order valence-electron chi connectivity index (χ2n) is 5.31. The van der Waals surface area contributed by atoms with E-state index in [0.29, 0.717) is 10.8 Å². The van der Waals surface area contributed by atoms with Crippen molar-refractivity contribution in [3.63, 3.8) is 0 Å². The number of hydrogen-bond donors (Lipinski definition) is 0. The molecule has 0 saturated heterocycles. The summed E-state index contributed by atoms with van der Waals surface area (Å²) in [6, 6.07) is 0. The molecule has 10 heavy (non-hydrogen) atoms. The predicted molar refractivity (Wildman–Crippen MR) is 43.8 cm³/mol. The summed E-state index contributed by atoms with van der Waals surface area (Å²) in [5.41, 5.74) is 1.25. The van der Waals surface area contributed by atoms with Crippen molar-refractivity contribution in [1.82, 2.24) is 0 Å². The highest BCUT2D eigenvalue weighted by Gasteiger charge is 2.61. The smallest absolute Gasteiger partial charge is 0.0272 e. The highest BCUT2D eigenvalue weighted by Crippen LogP contribution is 2.69. The van der Waals surface area contributed by atoms with E-state index in [1.165, 1.54) is 12.8 Å². The maximum absolute atomic E-state index is 2.45. The van der Waals surface area contributed by atoms with Crippen LogP contribution in [0.1, 0.15) is 40.5 Å². The fourth-order valence-corrected chi connectivity index (χ4v) is 2.85. The maximum atomic E-state index is 2.45. The Morgan fingerprint density at radius 2 is 1.10 bits per heavy atom. The molecule has 3 saturated carbocycles. The van der Waals surface area contributed by atoms with Gasteiger partial charge in [-0.2, -0.15) is 0 Å². The standard InChI is InChI=1S/C10H18/c1-9(2)7-5-8(6-7)10(9,3)4/h7-8H,5-6H2,1-4H3. The normalized spacial score (nSPS) is 46.8. The molecule has 0 atom stereocenters. The van der Waals surface area contributed by atoms with Crippen LogP contribution in [-0.4, -0.2) is 0 Å². The molecule has 2 bridgehead atoms. The zero-order valence-electron chi connectivity index (χ0n) is 7.57. The van der Waals surface area contributed by atoms with E-state index in [1.54, 1.807) is 0 Å². The van der Waals surface area contributed by atoms with Crippen LogP contribution in [0.3, 0.4) is 0 Å². The Morgan fingerprint density at radius 1 is 0.800 bits per heavy atom. The lowest BCUT2D eigenvalue weighted by Crippen LogP contribution is -2.27. The molecular weight excluding hydrogens is 120 g/mol. The Labute approximate surface area is 64.0 Å². The third-order valence-corrected chi connectivity index (χ3v) is 4.84. The molecule has 0 N–H and O–H groups in total. The highest BCUT2D eigenvalue weighted by molar-refractivity contribution is 5.10. The zero-order chi connectivity index (χ0) is 7.57. The molecule has 0 aromatic rings. The zero-order valence-corrected chi connectivity index (χ0v) is 7.57. The SMILES string of the molecule is CC1(C)C2CC(C2)C1(C)C. The molecule has 0 heteroatoms. The highest BCUT2D eigenvalue weighted by atomic mass is 14.7. The largest absolute Gasteiger partial charge is 0.0591 e. The number of fused-ring (bicyclic) bond motifs is 1. The third kappa shape index (κ3) is 0.466. The van der Waals surface area contributed by atoms with Crippen LogP contribution in [0.15, 0.2) is 0 Å². The quantitative estimate of drug-likeness (QED) is 0.482. The lowest BCUT2D eigenvalue weighted by Gasteiger charge is -2.34. The van der Waals surface area contributed by atoms with Gasteiger partial charge in [0.05, 0.1) is 0 Å². The van der Waals surface area contributed by atoms with Crippen molar-refractivity contribution in [3.05, 3.63) is 0 Å². The van der Waals surface area contributed by atoms with Crippen molar-refractivity contribution in [2.75, 3.05) is 0 Å². The van der Waals surface area contributed by atoms with E-state index >= 15 is 0 Å². The molecule has 0 spiro atoms. The minimum Gasteiger partial charge on any atom is -0.0591 e. The van der Waals surface area contributed by atoms with Gasteiger partial charge in [-0.05, 0) is 35.5 Å². The average Bonchev–Trinajstić information content (AvgIpc) is 1.77. The van der Waals surface area contributed by atoms with E-state index in [9.17, 15) is 0 Å². The lowest BCUT2D eigenvalue weighted by molar-refractivity contribution is 0.148. The summed E-state index contributed by atoms with van der Waals surface area (Å²) in [4.78, 5) is 0. The Morgan fingerprint density at radius 3 is 1.20 bits per heavy atom. The fraction of sp³-hybridized carbons (Fsp3) is 1.00. The molecule has 0 nitrogen and oxygen atoms in total. The molecule has 0 radical (unpaired) electrons. The van der Waals surface area contributed by atoms with E-state index in [-0.39, 0.29) is 0 Å². The van der Waals surface area contributed by atoms with Gasteiger partial charge in [-0.3, -0.25) is 0 Å². The molecule has 0 aromatic carbocycles. The second kappa shape index (κ2) is 1.44. The van der Waals surface area contributed by atoms with Gasteiger partial charge < -0.3 is 0 Å². The molecule has 0 aromatic heterocycles. The van der Waals surface area contributed by atoms with Crippen LogP contribution in [0.4, 0.5) is 0 Å². The Hall–Kier alpha value is 0. The third-order valence-electron chi connectivity index (χ3n) is 4.84. The monoisotopic (exact) mass is 138 g/mol. The van der Waals surface area contributed by atoms with E-state index in [2.05, 4.69) is 27.7 Å². The minimum absolute atomic E-state index is 0.623. The Bertz CT molecular complexity index is 141. The van der Waals surface area contributed by atoms with Gasteiger partial charge in [-0.25, -0.2) is 0 Å². The first kappa shape index (κ1) is 6.69. The van der Waals surface area contributed by atoms with Gasteiger partial charge in [0.25, 0.3) is 0 Å². The first-order valence-corrected chi connectivity index (χ1v) is 4.46. The lowest BCUT2D eigenvalue weighted by atomic mass is 9.71. The van der Waals surface area contributed by atoms with Gasteiger partial charge in [-0.1, -0.05) is 27.7 Å². The van der Waals surface area contributed by atoms with Gasteiger partial charge in [-0.15, -0.1) is 0 Å². The summed E-state index contributed by atoms with van der Waals surface area (Å²) in [6.45, 7) is 9.80. The molecule has 3 rings (SSSR count). The molecule has 0 heterocycles. The van der Waals surface area contributed by atoms with Crippen LogP contribution in [0.5, 0.6) is 0 Å².